The van der Waals surface area contributed by atoms with Crippen LogP contribution in [0.4, 0.5) is 0 Å². The van der Waals surface area contributed by atoms with Crippen LogP contribution in [0.25, 0.3) is 0 Å². The monoisotopic (exact) mass is 214 g/mol. The third kappa shape index (κ3) is 4.25. The summed E-state index contributed by atoms with van der Waals surface area (Å²) in [5.74, 6) is -0.323. The average molecular weight is 215 g/mol. The molecule has 1 aromatic carbocycles. The molecule has 0 saturated heterocycles. The summed E-state index contributed by atoms with van der Waals surface area (Å²) in [6.07, 6.45) is 0. The molecule has 1 rings (SSSR count). The number of nitrogens with two attached hydrogens (primary N) is 1. The zero-order valence-corrected chi connectivity index (χ0v) is 8.88. The number of hydrogen-bond donors (Lipinski definition) is 2. The van der Waals surface area contributed by atoms with Gasteiger partial charge in [-0.05, 0) is 12.5 Å². The fourth-order valence-electron chi connectivity index (χ4n) is 0.967. The lowest BCUT2D eigenvalue weighted by molar-refractivity contribution is -0.119. The highest BCUT2D eigenvalue weighted by atomic mass is 35.5. The molecule has 0 aliphatic carbocycles. The average Bonchev–Trinajstić information content (AvgIpc) is 2.15. The van der Waals surface area contributed by atoms with E-state index in [1.807, 2.05) is 30.3 Å². The van der Waals surface area contributed by atoms with Crippen molar-refractivity contribution in [1.29, 1.82) is 0 Å². The van der Waals surface area contributed by atoms with Crippen LogP contribution in [-0.4, -0.2) is 11.9 Å². The van der Waals surface area contributed by atoms with Gasteiger partial charge in [0.2, 0.25) is 5.91 Å². The molecule has 0 unspecified atom stereocenters. The molecule has 3 N–H and O–H groups in total. The van der Waals surface area contributed by atoms with Gasteiger partial charge in [-0.25, -0.2) is 0 Å². The molecule has 0 aliphatic rings. The van der Waals surface area contributed by atoms with Gasteiger partial charge in [0.15, 0.2) is 0 Å². The van der Waals surface area contributed by atoms with Crippen LogP contribution >= 0.6 is 12.4 Å². The number of amides is 1. The maximum absolute atomic E-state index is 10.7. The van der Waals surface area contributed by atoms with E-state index in [2.05, 4.69) is 5.32 Å². The Morgan fingerprint density at radius 1 is 1.43 bits per heavy atom. The Bertz CT molecular complexity index is 277. The van der Waals surface area contributed by atoms with E-state index >= 15 is 0 Å². The van der Waals surface area contributed by atoms with Crippen LogP contribution < -0.4 is 11.1 Å². The first-order valence-electron chi connectivity index (χ1n) is 4.27. The topological polar surface area (TPSA) is 55.1 Å². The van der Waals surface area contributed by atoms with E-state index in [9.17, 15) is 4.79 Å². The lowest BCUT2D eigenvalue weighted by Crippen LogP contribution is -2.38. The van der Waals surface area contributed by atoms with Crippen molar-refractivity contribution in [3.8, 4) is 0 Å². The lowest BCUT2D eigenvalue weighted by Gasteiger charge is -2.09. The Morgan fingerprint density at radius 2 is 2.00 bits per heavy atom. The molecule has 0 aromatic heterocycles. The lowest BCUT2D eigenvalue weighted by atomic mass is 10.2. The van der Waals surface area contributed by atoms with Crippen molar-refractivity contribution in [3.05, 3.63) is 35.9 Å². The van der Waals surface area contributed by atoms with Gasteiger partial charge in [0.1, 0.15) is 0 Å². The van der Waals surface area contributed by atoms with Gasteiger partial charge in [-0.2, -0.15) is 0 Å². The Labute approximate surface area is 90.1 Å². The van der Waals surface area contributed by atoms with Crippen molar-refractivity contribution in [2.24, 2.45) is 5.73 Å². The van der Waals surface area contributed by atoms with Crippen molar-refractivity contribution < 1.29 is 4.79 Å². The molecule has 4 heteroatoms. The van der Waals surface area contributed by atoms with Gasteiger partial charge in [0.25, 0.3) is 0 Å². The smallest absolute Gasteiger partial charge is 0.234 e. The number of nitrogens with one attached hydrogen (secondary N) is 1. The van der Waals surface area contributed by atoms with Gasteiger partial charge < -0.3 is 11.1 Å². The van der Waals surface area contributed by atoms with Gasteiger partial charge in [0, 0.05) is 6.54 Å². The number of primary amides is 1. The molecule has 0 heterocycles. The molecule has 14 heavy (non-hydrogen) atoms. The zero-order valence-electron chi connectivity index (χ0n) is 8.07. The largest absolute Gasteiger partial charge is 0.368 e. The van der Waals surface area contributed by atoms with Crippen LogP contribution in [-0.2, 0) is 11.3 Å². The SMILES string of the molecule is C[C@H](NCc1ccccc1)C(N)=O.Cl. The van der Waals surface area contributed by atoms with E-state index < -0.39 is 0 Å². The van der Waals surface area contributed by atoms with Crippen LogP contribution in [0.1, 0.15) is 12.5 Å². The number of hydrogen-bond acceptors (Lipinski definition) is 2. The van der Waals surface area contributed by atoms with Gasteiger partial charge >= 0.3 is 0 Å². The number of rotatable bonds is 4. The van der Waals surface area contributed by atoms with Crippen LogP contribution in [0, 0.1) is 0 Å². The highest BCUT2D eigenvalue weighted by molar-refractivity contribution is 5.85. The summed E-state index contributed by atoms with van der Waals surface area (Å²) in [4.78, 5) is 10.7. The van der Waals surface area contributed by atoms with E-state index in [0.29, 0.717) is 6.54 Å². The first-order valence-corrected chi connectivity index (χ1v) is 4.27. The van der Waals surface area contributed by atoms with Crippen LogP contribution in [0.5, 0.6) is 0 Å². The maximum Gasteiger partial charge on any atom is 0.234 e. The highest BCUT2D eigenvalue weighted by Crippen LogP contribution is 1.97. The molecule has 0 bridgehead atoms. The molecule has 1 amide bonds. The maximum atomic E-state index is 10.7. The van der Waals surface area contributed by atoms with Gasteiger partial charge in [-0.15, -0.1) is 12.4 Å². The second-order valence-electron chi connectivity index (χ2n) is 2.99. The molecule has 3 nitrogen and oxygen atoms in total. The number of halogens is 1. The first kappa shape index (κ1) is 12.9. The molecule has 1 atom stereocenters. The minimum atomic E-state index is -0.323. The molecular weight excluding hydrogens is 200 g/mol. The van der Waals surface area contributed by atoms with Crippen LogP contribution in [0.15, 0.2) is 30.3 Å². The summed E-state index contributed by atoms with van der Waals surface area (Å²) in [6.45, 7) is 2.43. The number of carbonyl (C=O) groups is 1. The molecule has 0 spiro atoms. The van der Waals surface area contributed by atoms with E-state index in [1.165, 1.54) is 0 Å². The van der Waals surface area contributed by atoms with E-state index in [-0.39, 0.29) is 24.4 Å². The molecule has 78 valence electrons. The molecular formula is C10H15ClN2O. The van der Waals surface area contributed by atoms with E-state index in [0.717, 1.165) is 5.56 Å². The standard InChI is InChI=1S/C10H14N2O.ClH/c1-8(10(11)13)12-7-9-5-3-2-4-6-9;/h2-6,8,12H,7H2,1H3,(H2,11,13);1H/t8-;/m0./s1. The predicted molar refractivity (Wildman–Crippen MR) is 59.2 cm³/mol. The summed E-state index contributed by atoms with van der Waals surface area (Å²) in [6, 6.07) is 9.61. The second-order valence-corrected chi connectivity index (χ2v) is 2.99. The molecule has 0 radical (unpaired) electrons. The minimum Gasteiger partial charge on any atom is -0.368 e. The van der Waals surface area contributed by atoms with Crippen molar-refractivity contribution in [2.45, 2.75) is 19.5 Å². The molecule has 0 fully saturated rings. The Hall–Kier alpha value is -1.06. The first-order chi connectivity index (χ1) is 6.20. The second kappa shape index (κ2) is 6.40. The van der Waals surface area contributed by atoms with Gasteiger partial charge in [0.05, 0.1) is 6.04 Å². The summed E-state index contributed by atoms with van der Waals surface area (Å²) < 4.78 is 0. The molecule has 1 aromatic rings. The number of benzene rings is 1. The van der Waals surface area contributed by atoms with Crippen LogP contribution in [0.2, 0.25) is 0 Å². The van der Waals surface area contributed by atoms with Gasteiger partial charge in [-0.3, -0.25) is 4.79 Å². The third-order valence-corrected chi connectivity index (χ3v) is 1.88. The van der Waals surface area contributed by atoms with Crippen molar-refractivity contribution in [1.82, 2.24) is 5.32 Å². The Morgan fingerprint density at radius 3 is 2.50 bits per heavy atom. The zero-order chi connectivity index (χ0) is 9.68. The van der Waals surface area contributed by atoms with Gasteiger partial charge in [-0.1, -0.05) is 30.3 Å². The molecule has 0 aliphatic heterocycles. The fourth-order valence-corrected chi connectivity index (χ4v) is 0.967. The summed E-state index contributed by atoms with van der Waals surface area (Å²) >= 11 is 0. The minimum absolute atomic E-state index is 0. The summed E-state index contributed by atoms with van der Waals surface area (Å²) in [5, 5.41) is 3.02. The van der Waals surface area contributed by atoms with Crippen molar-refractivity contribution in [2.75, 3.05) is 0 Å². The normalized spacial score (nSPS) is 11.5. The Kier molecular flexibility index (Phi) is 5.92. The third-order valence-electron chi connectivity index (χ3n) is 1.88. The van der Waals surface area contributed by atoms with Crippen LogP contribution in [0.3, 0.4) is 0 Å². The Balaban J connectivity index is 0.00000169. The van der Waals surface area contributed by atoms with Crippen molar-refractivity contribution in [3.63, 3.8) is 0 Å². The van der Waals surface area contributed by atoms with Crippen molar-refractivity contribution >= 4 is 18.3 Å². The molecule has 0 saturated carbocycles. The fraction of sp³-hybridized carbons (Fsp3) is 0.300. The number of carbonyl (C=O) groups excluding carboxylic acids is 1. The van der Waals surface area contributed by atoms with E-state index in [1.54, 1.807) is 6.92 Å². The quantitative estimate of drug-likeness (QED) is 0.788. The predicted octanol–water partition coefficient (Wildman–Crippen LogP) is 1.07. The summed E-state index contributed by atoms with van der Waals surface area (Å²) in [5.41, 5.74) is 6.25. The highest BCUT2D eigenvalue weighted by Gasteiger charge is 2.06. The summed E-state index contributed by atoms with van der Waals surface area (Å²) in [7, 11) is 0. The van der Waals surface area contributed by atoms with E-state index in [4.69, 9.17) is 5.73 Å².